The first-order valence-electron chi connectivity index (χ1n) is 8.69. The average molecular weight is 354 g/mol. The van der Waals surface area contributed by atoms with Gasteiger partial charge in [-0.1, -0.05) is 12.1 Å². The van der Waals surface area contributed by atoms with Crippen LogP contribution in [0.25, 0.3) is 0 Å². The standard InChI is InChI=1S/C19H22N4O3/c1-2-26-19-14(6-5-9-21-19)11-22-18(25)15-10-17(24)23(12-15)13-16-7-3-4-8-20-16/h3-9,15H,2,10-13H2,1H3,(H,22,25)/t15-/m0/s1. The number of rotatable bonds is 7. The van der Waals surface area contributed by atoms with E-state index in [1.165, 1.54) is 0 Å². The summed E-state index contributed by atoms with van der Waals surface area (Å²) in [6.07, 6.45) is 3.58. The Morgan fingerprint density at radius 2 is 2.12 bits per heavy atom. The first kappa shape index (κ1) is 17.8. The van der Waals surface area contributed by atoms with Crippen molar-refractivity contribution in [3.05, 3.63) is 54.0 Å². The van der Waals surface area contributed by atoms with Gasteiger partial charge in [-0.25, -0.2) is 4.98 Å². The molecule has 26 heavy (non-hydrogen) atoms. The topological polar surface area (TPSA) is 84.4 Å². The highest BCUT2D eigenvalue weighted by Gasteiger charge is 2.34. The van der Waals surface area contributed by atoms with Gasteiger partial charge in [0.2, 0.25) is 17.7 Å². The van der Waals surface area contributed by atoms with Crippen molar-refractivity contribution >= 4 is 11.8 Å². The molecule has 136 valence electrons. The molecule has 0 bridgehead atoms. The van der Waals surface area contributed by atoms with E-state index in [0.29, 0.717) is 32.1 Å². The summed E-state index contributed by atoms with van der Waals surface area (Å²) in [4.78, 5) is 34.7. The molecule has 1 aliphatic heterocycles. The van der Waals surface area contributed by atoms with Crippen molar-refractivity contribution in [3.8, 4) is 5.88 Å². The molecule has 1 fully saturated rings. The van der Waals surface area contributed by atoms with E-state index in [-0.39, 0.29) is 24.2 Å². The van der Waals surface area contributed by atoms with Crippen molar-refractivity contribution in [2.45, 2.75) is 26.4 Å². The Kier molecular flexibility index (Phi) is 5.78. The first-order chi connectivity index (χ1) is 12.7. The lowest BCUT2D eigenvalue weighted by Gasteiger charge is -2.16. The van der Waals surface area contributed by atoms with Crippen molar-refractivity contribution in [2.75, 3.05) is 13.2 Å². The summed E-state index contributed by atoms with van der Waals surface area (Å²) in [5.74, 6) is 0.0216. The number of ether oxygens (including phenoxy) is 1. The summed E-state index contributed by atoms with van der Waals surface area (Å²) in [6, 6.07) is 9.26. The van der Waals surface area contributed by atoms with Gasteiger partial charge in [-0.15, -0.1) is 0 Å². The Hall–Kier alpha value is -2.96. The molecule has 2 amide bonds. The predicted octanol–water partition coefficient (Wildman–Crippen LogP) is 1.54. The maximum absolute atomic E-state index is 12.5. The minimum absolute atomic E-state index is 0.0211. The maximum Gasteiger partial charge on any atom is 0.225 e. The van der Waals surface area contributed by atoms with Gasteiger partial charge in [-0.2, -0.15) is 0 Å². The molecule has 0 spiro atoms. The lowest BCUT2D eigenvalue weighted by atomic mass is 10.1. The predicted molar refractivity (Wildman–Crippen MR) is 95.0 cm³/mol. The van der Waals surface area contributed by atoms with Crippen LogP contribution >= 0.6 is 0 Å². The third-order valence-electron chi connectivity index (χ3n) is 4.25. The van der Waals surface area contributed by atoms with Crippen molar-refractivity contribution in [1.82, 2.24) is 20.2 Å². The van der Waals surface area contributed by atoms with E-state index in [0.717, 1.165) is 11.3 Å². The Labute approximate surface area is 152 Å². The second kappa shape index (κ2) is 8.42. The lowest BCUT2D eigenvalue weighted by Crippen LogP contribution is -2.32. The van der Waals surface area contributed by atoms with Crippen LogP contribution in [0.4, 0.5) is 0 Å². The van der Waals surface area contributed by atoms with Crippen LogP contribution in [0.5, 0.6) is 5.88 Å². The Morgan fingerprint density at radius 3 is 2.88 bits per heavy atom. The Balaban J connectivity index is 1.55. The first-order valence-corrected chi connectivity index (χ1v) is 8.69. The molecule has 1 atom stereocenters. The minimum Gasteiger partial charge on any atom is -0.478 e. The fourth-order valence-electron chi connectivity index (χ4n) is 2.94. The van der Waals surface area contributed by atoms with E-state index >= 15 is 0 Å². The molecule has 1 aliphatic rings. The van der Waals surface area contributed by atoms with Crippen LogP contribution in [0.15, 0.2) is 42.7 Å². The SMILES string of the molecule is CCOc1ncccc1CNC(=O)[C@H]1CC(=O)N(Cc2ccccn2)C1. The molecule has 2 aromatic heterocycles. The van der Waals surface area contributed by atoms with Crippen LogP contribution in [0.1, 0.15) is 24.6 Å². The molecule has 0 saturated carbocycles. The number of likely N-dealkylation sites (tertiary alicyclic amines) is 1. The smallest absolute Gasteiger partial charge is 0.225 e. The maximum atomic E-state index is 12.5. The Morgan fingerprint density at radius 1 is 1.27 bits per heavy atom. The van der Waals surface area contributed by atoms with E-state index in [1.807, 2.05) is 31.2 Å². The van der Waals surface area contributed by atoms with Crippen molar-refractivity contribution < 1.29 is 14.3 Å². The zero-order valence-corrected chi connectivity index (χ0v) is 14.7. The highest BCUT2D eigenvalue weighted by molar-refractivity contribution is 5.89. The second-order valence-corrected chi connectivity index (χ2v) is 6.11. The van der Waals surface area contributed by atoms with Gasteiger partial charge in [0.15, 0.2) is 0 Å². The summed E-state index contributed by atoms with van der Waals surface area (Å²) in [6.45, 7) is 3.56. The zero-order valence-electron chi connectivity index (χ0n) is 14.7. The van der Waals surface area contributed by atoms with Crippen LogP contribution in [0.3, 0.4) is 0 Å². The number of pyridine rings is 2. The Bertz CT molecular complexity index is 766. The summed E-state index contributed by atoms with van der Waals surface area (Å²) in [5, 5.41) is 2.89. The number of amides is 2. The molecular weight excluding hydrogens is 332 g/mol. The van der Waals surface area contributed by atoms with E-state index < -0.39 is 0 Å². The number of hydrogen-bond donors (Lipinski definition) is 1. The van der Waals surface area contributed by atoms with E-state index in [2.05, 4.69) is 15.3 Å². The monoisotopic (exact) mass is 354 g/mol. The van der Waals surface area contributed by atoms with Gasteiger partial charge >= 0.3 is 0 Å². The largest absolute Gasteiger partial charge is 0.478 e. The molecule has 3 rings (SSSR count). The number of nitrogens with one attached hydrogen (secondary N) is 1. The molecule has 1 N–H and O–H groups in total. The van der Waals surface area contributed by atoms with Crippen LogP contribution in [0, 0.1) is 5.92 Å². The van der Waals surface area contributed by atoms with Crippen LogP contribution in [0.2, 0.25) is 0 Å². The van der Waals surface area contributed by atoms with Gasteiger partial charge in [-0.3, -0.25) is 14.6 Å². The fourth-order valence-corrected chi connectivity index (χ4v) is 2.94. The number of carbonyl (C=O) groups excluding carboxylic acids is 2. The number of hydrogen-bond acceptors (Lipinski definition) is 5. The van der Waals surface area contributed by atoms with Crippen LogP contribution < -0.4 is 10.1 Å². The van der Waals surface area contributed by atoms with Gasteiger partial charge in [0.1, 0.15) is 0 Å². The normalized spacial score (nSPS) is 16.6. The molecule has 7 heteroatoms. The molecule has 0 aromatic carbocycles. The molecule has 3 heterocycles. The van der Waals surface area contributed by atoms with Gasteiger partial charge in [0, 0.05) is 37.5 Å². The van der Waals surface area contributed by atoms with Crippen molar-refractivity contribution in [2.24, 2.45) is 5.92 Å². The second-order valence-electron chi connectivity index (χ2n) is 6.11. The van der Waals surface area contributed by atoms with E-state index in [1.54, 1.807) is 23.4 Å². The fraction of sp³-hybridized carbons (Fsp3) is 0.368. The van der Waals surface area contributed by atoms with Gasteiger partial charge in [0.25, 0.3) is 0 Å². The average Bonchev–Trinajstić information content (AvgIpc) is 3.02. The molecule has 7 nitrogen and oxygen atoms in total. The summed E-state index contributed by atoms with van der Waals surface area (Å²) >= 11 is 0. The molecule has 0 radical (unpaired) electrons. The van der Waals surface area contributed by atoms with Gasteiger partial charge in [-0.05, 0) is 25.1 Å². The quantitative estimate of drug-likeness (QED) is 0.815. The summed E-state index contributed by atoms with van der Waals surface area (Å²) < 4.78 is 5.46. The number of carbonyl (C=O) groups is 2. The third-order valence-corrected chi connectivity index (χ3v) is 4.25. The highest BCUT2D eigenvalue weighted by atomic mass is 16.5. The molecular formula is C19H22N4O3. The molecule has 2 aromatic rings. The molecule has 0 unspecified atom stereocenters. The van der Waals surface area contributed by atoms with E-state index in [4.69, 9.17) is 4.74 Å². The summed E-state index contributed by atoms with van der Waals surface area (Å²) in [7, 11) is 0. The number of nitrogens with zero attached hydrogens (tertiary/aromatic N) is 3. The van der Waals surface area contributed by atoms with Gasteiger partial charge in [0.05, 0.1) is 24.8 Å². The molecule has 1 saturated heterocycles. The highest BCUT2D eigenvalue weighted by Crippen LogP contribution is 2.20. The molecule has 0 aliphatic carbocycles. The summed E-state index contributed by atoms with van der Waals surface area (Å²) in [5.41, 5.74) is 1.64. The van der Waals surface area contributed by atoms with Crippen molar-refractivity contribution in [3.63, 3.8) is 0 Å². The third kappa shape index (κ3) is 4.36. The van der Waals surface area contributed by atoms with Gasteiger partial charge < -0.3 is 15.0 Å². The van der Waals surface area contributed by atoms with Crippen LogP contribution in [-0.4, -0.2) is 39.8 Å². The number of aromatic nitrogens is 2. The lowest BCUT2D eigenvalue weighted by molar-refractivity contribution is -0.129. The van der Waals surface area contributed by atoms with Crippen molar-refractivity contribution in [1.29, 1.82) is 0 Å². The zero-order chi connectivity index (χ0) is 18.4. The minimum atomic E-state index is -0.349. The van der Waals surface area contributed by atoms with Crippen LogP contribution in [-0.2, 0) is 22.7 Å². The van der Waals surface area contributed by atoms with E-state index in [9.17, 15) is 9.59 Å².